The Morgan fingerprint density at radius 2 is 1.77 bits per heavy atom. The maximum Gasteiger partial charge on any atom is 0.251 e. The van der Waals surface area contributed by atoms with Gasteiger partial charge in [0.1, 0.15) is 12.2 Å². The summed E-state index contributed by atoms with van der Waals surface area (Å²) in [4.78, 5) is 11.9. The largest absolute Gasteiger partial charge is 0.394 e. The zero-order valence-corrected chi connectivity index (χ0v) is 16.7. The highest BCUT2D eigenvalue weighted by atomic mass is 16.5. The third-order valence-electron chi connectivity index (χ3n) is 5.63. The highest BCUT2D eigenvalue weighted by molar-refractivity contribution is 5.96. The van der Waals surface area contributed by atoms with Gasteiger partial charge < -0.3 is 25.4 Å². The van der Waals surface area contributed by atoms with Gasteiger partial charge in [0.05, 0.1) is 18.8 Å². The molecule has 4 N–H and O–H groups in total. The molecule has 0 bridgehead atoms. The maximum atomic E-state index is 11.9. The number of aliphatic hydroxyl groups excluding tert-OH is 3. The summed E-state index contributed by atoms with van der Waals surface area (Å²) in [6, 6.07) is 19.2. The molecule has 3 aromatic carbocycles. The lowest BCUT2D eigenvalue weighted by Crippen LogP contribution is -2.44. The summed E-state index contributed by atoms with van der Waals surface area (Å²) in [6.45, 7) is -0.202. The first-order chi connectivity index (χ1) is 14.5. The fourth-order valence-corrected chi connectivity index (χ4v) is 3.95. The molecule has 0 spiro atoms. The second kappa shape index (κ2) is 8.53. The predicted molar refractivity (Wildman–Crippen MR) is 114 cm³/mol. The molecule has 0 radical (unpaired) electrons. The van der Waals surface area contributed by atoms with Crippen LogP contribution in [0.3, 0.4) is 0 Å². The first kappa shape index (κ1) is 20.5. The van der Waals surface area contributed by atoms with Gasteiger partial charge in [-0.1, -0.05) is 36.4 Å². The number of ether oxygens (including phenoxy) is 1. The average Bonchev–Trinajstić information content (AvgIpc) is 2.79. The third-order valence-corrected chi connectivity index (χ3v) is 5.63. The van der Waals surface area contributed by atoms with E-state index in [1.54, 1.807) is 13.1 Å². The molecule has 156 valence electrons. The zero-order valence-electron chi connectivity index (χ0n) is 16.7. The molecule has 4 atom stereocenters. The van der Waals surface area contributed by atoms with Crippen molar-refractivity contribution in [2.24, 2.45) is 0 Å². The van der Waals surface area contributed by atoms with Gasteiger partial charge in [-0.15, -0.1) is 0 Å². The molecule has 1 saturated heterocycles. The number of benzene rings is 3. The Morgan fingerprint density at radius 3 is 2.53 bits per heavy atom. The van der Waals surface area contributed by atoms with Gasteiger partial charge in [-0.2, -0.15) is 0 Å². The second-order valence-electron chi connectivity index (χ2n) is 7.64. The van der Waals surface area contributed by atoms with E-state index in [1.807, 2.05) is 54.6 Å². The van der Waals surface area contributed by atoms with Crippen LogP contribution < -0.4 is 5.32 Å². The molecule has 1 aliphatic heterocycles. The number of aliphatic hydroxyl groups is 3. The number of rotatable bonds is 4. The van der Waals surface area contributed by atoms with Crippen molar-refractivity contribution in [3.05, 3.63) is 71.8 Å². The van der Waals surface area contributed by atoms with Crippen LogP contribution in [0.4, 0.5) is 0 Å². The van der Waals surface area contributed by atoms with Crippen molar-refractivity contribution in [2.45, 2.75) is 30.8 Å². The van der Waals surface area contributed by atoms with Crippen LogP contribution in [-0.4, -0.2) is 53.2 Å². The standard InChI is InChI=1S/C24H25NO5/c1-25-24(29)19-4-2-3-14(11-19)15-5-6-17-10-18(8-7-16(17)9-15)23-22(28)21(27)12-20(13-26)30-23/h2-11,20-23,26-28H,12-13H2,1H3,(H,25,29)/t20?,21?,22?,23-/m1/s1. The summed E-state index contributed by atoms with van der Waals surface area (Å²) in [6.07, 6.45) is -2.97. The van der Waals surface area contributed by atoms with Crippen LogP contribution in [0, 0.1) is 0 Å². The van der Waals surface area contributed by atoms with E-state index < -0.39 is 24.4 Å². The van der Waals surface area contributed by atoms with Crippen LogP contribution in [0.15, 0.2) is 60.7 Å². The summed E-state index contributed by atoms with van der Waals surface area (Å²) in [5.74, 6) is -0.128. The second-order valence-corrected chi connectivity index (χ2v) is 7.64. The van der Waals surface area contributed by atoms with Crippen LogP contribution >= 0.6 is 0 Å². The molecule has 1 heterocycles. The molecular formula is C24H25NO5. The summed E-state index contributed by atoms with van der Waals surface area (Å²) in [5.41, 5.74) is 3.29. The van der Waals surface area contributed by atoms with Crippen LogP contribution in [0.2, 0.25) is 0 Å². The highest BCUT2D eigenvalue weighted by Crippen LogP contribution is 2.34. The Balaban J connectivity index is 1.65. The Kier molecular flexibility index (Phi) is 5.83. The van der Waals surface area contributed by atoms with Gasteiger partial charge in [0.25, 0.3) is 5.91 Å². The minimum Gasteiger partial charge on any atom is -0.394 e. The van der Waals surface area contributed by atoms with Gasteiger partial charge in [-0.3, -0.25) is 4.79 Å². The monoisotopic (exact) mass is 407 g/mol. The summed E-state index contributed by atoms with van der Waals surface area (Å²) < 4.78 is 5.79. The van der Waals surface area contributed by atoms with Crippen LogP contribution in [0.25, 0.3) is 21.9 Å². The van der Waals surface area contributed by atoms with Crippen LogP contribution in [0.1, 0.15) is 28.4 Å². The van der Waals surface area contributed by atoms with Gasteiger partial charge in [-0.05, 0) is 51.7 Å². The molecule has 3 unspecified atom stereocenters. The SMILES string of the molecule is CNC(=O)c1cccc(-c2ccc3cc([C@H]4OC(CO)CC(O)C4O)ccc3c2)c1. The quantitative estimate of drug-likeness (QED) is 0.532. The van der Waals surface area contributed by atoms with Gasteiger partial charge in [0, 0.05) is 19.0 Å². The highest BCUT2D eigenvalue weighted by Gasteiger charge is 2.37. The lowest BCUT2D eigenvalue weighted by molar-refractivity contribution is -0.179. The number of hydrogen-bond donors (Lipinski definition) is 4. The van der Waals surface area contributed by atoms with E-state index >= 15 is 0 Å². The molecule has 1 fully saturated rings. The van der Waals surface area contributed by atoms with Crippen molar-refractivity contribution >= 4 is 16.7 Å². The first-order valence-corrected chi connectivity index (χ1v) is 9.99. The van der Waals surface area contributed by atoms with Crippen molar-refractivity contribution < 1.29 is 24.9 Å². The molecule has 4 rings (SSSR count). The molecule has 3 aromatic rings. The van der Waals surface area contributed by atoms with E-state index in [9.17, 15) is 20.1 Å². The number of fused-ring (bicyclic) bond motifs is 1. The number of amides is 1. The van der Waals surface area contributed by atoms with E-state index in [0.29, 0.717) is 5.56 Å². The average molecular weight is 407 g/mol. The van der Waals surface area contributed by atoms with Crippen molar-refractivity contribution in [3.8, 4) is 11.1 Å². The van der Waals surface area contributed by atoms with E-state index in [1.165, 1.54) is 0 Å². The lowest BCUT2D eigenvalue weighted by atomic mass is 9.91. The summed E-state index contributed by atoms with van der Waals surface area (Å²) in [7, 11) is 1.61. The molecule has 30 heavy (non-hydrogen) atoms. The van der Waals surface area contributed by atoms with E-state index in [0.717, 1.165) is 27.5 Å². The Bertz CT molecular complexity index is 1070. The van der Waals surface area contributed by atoms with Gasteiger partial charge >= 0.3 is 0 Å². The molecular weight excluding hydrogens is 382 g/mol. The number of nitrogens with one attached hydrogen (secondary N) is 1. The summed E-state index contributed by atoms with van der Waals surface area (Å²) in [5, 5.41) is 34.5. The van der Waals surface area contributed by atoms with Gasteiger partial charge in [-0.25, -0.2) is 0 Å². The smallest absolute Gasteiger partial charge is 0.251 e. The Morgan fingerprint density at radius 1 is 1.03 bits per heavy atom. The van der Waals surface area contributed by atoms with E-state index in [-0.39, 0.29) is 18.9 Å². The summed E-state index contributed by atoms with van der Waals surface area (Å²) >= 11 is 0. The zero-order chi connectivity index (χ0) is 21.3. The van der Waals surface area contributed by atoms with Crippen molar-refractivity contribution in [2.75, 3.05) is 13.7 Å². The van der Waals surface area contributed by atoms with E-state index in [2.05, 4.69) is 5.32 Å². The molecule has 1 amide bonds. The molecule has 0 saturated carbocycles. The fraction of sp³-hybridized carbons (Fsp3) is 0.292. The lowest BCUT2D eigenvalue weighted by Gasteiger charge is -2.36. The minimum atomic E-state index is -1.04. The number of carbonyl (C=O) groups excluding carboxylic acids is 1. The van der Waals surface area contributed by atoms with Crippen molar-refractivity contribution in [3.63, 3.8) is 0 Å². The topological polar surface area (TPSA) is 99.0 Å². The molecule has 6 heteroatoms. The van der Waals surface area contributed by atoms with Crippen LogP contribution in [0.5, 0.6) is 0 Å². The number of hydrogen-bond acceptors (Lipinski definition) is 5. The van der Waals surface area contributed by atoms with Crippen molar-refractivity contribution in [1.29, 1.82) is 0 Å². The maximum absolute atomic E-state index is 11.9. The van der Waals surface area contributed by atoms with Gasteiger partial charge in [0.15, 0.2) is 0 Å². The van der Waals surface area contributed by atoms with Gasteiger partial charge in [0.2, 0.25) is 0 Å². The molecule has 0 aromatic heterocycles. The molecule has 6 nitrogen and oxygen atoms in total. The fourth-order valence-electron chi connectivity index (χ4n) is 3.95. The Hall–Kier alpha value is -2.77. The first-order valence-electron chi connectivity index (χ1n) is 9.99. The minimum absolute atomic E-state index is 0.128. The van der Waals surface area contributed by atoms with E-state index in [4.69, 9.17) is 4.74 Å². The molecule has 1 aliphatic rings. The van der Waals surface area contributed by atoms with Crippen molar-refractivity contribution in [1.82, 2.24) is 5.32 Å². The van der Waals surface area contributed by atoms with Crippen LogP contribution in [-0.2, 0) is 4.74 Å². The normalized spacial score (nSPS) is 24.0. The third kappa shape index (κ3) is 3.95. The molecule has 0 aliphatic carbocycles. The Labute approximate surface area is 174 Å². The number of carbonyl (C=O) groups is 1. The predicted octanol–water partition coefficient (Wildman–Crippen LogP) is 2.41.